The number of nitrogens with zero attached hydrogens (tertiary/aromatic N) is 3. The van der Waals surface area contributed by atoms with Crippen LogP contribution in [-0.2, 0) is 17.8 Å². The van der Waals surface area contributed by atoms with Crippen molar-refractivity contribution in [3.63, 3.8) is 0 Å². The Bertz CT molecular complexity index is 1160. The number of amides is 1. The average Bonchev–Trinajstić information content (AvgIpc) is 3.49. The predicted molar refractivity (Wildman–Crippen MR) is 128 cm³/mol. The number of carbonyl (C=O) groups is 1. The Hall–Kier alpha value is -2.61. The number of nitrogens with one attached hydrogen (secondary N) is 1. The first-order chi connectivity index (χ1) is 15.1. The Morgan fingerprint density at radius 2 is 2.00 bits per heavy atom. The third kappa shape index (κ3) is 4.69. The normalized spacial score (nSPS) is 16.7. The van der Waals surface area contributed by atoms with Crippen molar-refractivity contribution < 1.29 is 4.79 Å². The van der Waals surface area contributed by atoms with Crippen LogP contribution in [0.2, 0.25) is 0 Å². The summed E-state index contributed by atoms with van der Waals surface area (Å²) in [5, 5.41) is 7.09. The molecule has 158 valence electrons. The highest BCUT2D eigenvalue weighted by atomic mass is 32.1. The topological polar surface area (TPSA) is 58.1 Å². The lowest BCUT2D eigenvalue weighted by atomic mass is 10.2. The number of para-hydroxylation sites is 1. The molecule has 0 spiro atoms. The van der Waals surface area contributed by atoms with E-state index in [1.54, 1.807) is 22.7 Å². The number of benzene rings is 2. The average molecular weight is 449 g/mol. The SMILES string of the molecule is Cc1ccc(NC(=O)Cc2nc(CN3CCC[C@H]3c3nc4ccccc4s3)cs2)cc1. The Morgan fingerprint density at radius 1 is 1.16 bits per heavy atom. The van der Waals surface area contributed by atoms with Crippen LogP contribution in [0, 0.1) is 6.92 Å². The highest BCUT2D eigenvalue weighted by Gasteiger charge is 2.29. The number of hydrogen-bond donors (Lipinski definition) is 1. The van der Waals surface area contributed by atoms with Gasteiger partial charge in [-0.25, -0.2) is 9.97 Å². The maximum Gasteiger partial charge on any atom is 0.231 e. The Morgan fingerprint density at radius 3 is 2.84 bits per heavy atom. The zero-order valence-electron chi connectivity index (χ0n) is 17.4. The molecular weight excluding hydrogens is 424 g/mol. The van der Waals surface area contributed by atoms with Crippen LogP contribution in [0.5, 0.6) is 0 Å². The van der Waals surface area contributed by atoms with Crippen molar-refractivity contribution in [3.05, 3.63) is 75.2 Å². The largest absolute Gasteiger partial charge is 0.326 e. The number of rotatable bonds is 6. The second-order valence-electron chi connectivity index (χ2n) is 7.97. The minimum atomic E-state index is -0.0294. The van der Waals surface area contributed by atoms with Crippen LogP contribution in [0.3, 0.4) is 0 Å². The van der Waals surface area contributed by atoms with Gasteiger partial charge in [0.2, 0.25) is 5.91 Å². The van der Waals surface area contributed by atoms with Crippen molar-refractivity contribution in [2.75, 3.05) is 11.9 Å². The maximum absolute atomic E-state index is 12.4. The van der Waals surface area contributed by atoms with Crippen molar-refractivity contribution >= 4 is 44.5 Å². The van der Waals surface area contributed by atoms with Gasteiger partial charge in [0, 0.05) is 17.6 Å². The number of aromatic nitrogens is 2. The van der Waals surface area contributed by atoms with Gasteiger partial charge in [-0.1, -0.05) is 29.8 Å². The summed E-state index contributed by atoms with van der Waals surface area (Å²) < 4.78 is 1.25. The van der Waals surface area contributed by atoms with E-state index in [9.17, 15) is 4.79 Å². The molecule has 2 aromatic carbocycles. The lowest BCUT2D eigenvalue weighted by Crippen LogP contribution is -2.23. The number of carbonyl (C=O) groups excluding carboxylic acids is 1. The van der Waals surface area contributed by atoms with E-state index in [1.807, 2.05) is 37.3 Å². The van der Waals surface area contributed by atoms with Crippen LogP contribution in [-0.4, -0.2) is 27.3 Å². The highest BCUT2D eigenvalue weighted by Crippen LogP contribution is 2.37. The molecule has 2 aromatic heterocycles. The molecule has 1 atom stereocenters. The molecule has 0 aliphatic carbocycles. The summed E-state index contributed by atoms with van der Waals surface area (Å²) in [6.07, 6.45) is 2.62. The zero-order valence-corrected chi connectivity index (χ0v) is 19.0. The van der Waals surface area contributed by atoms with Crippen LogP contribution in [0.1, 0.15) is 40.2 Å². The fourth-order valence-electron chi connectivity index (χ4n) is 4.02. The van der Waals surface area contributed by atoms with E-state index in [2.05, 4.69) is 33.8 Å². The molecule has 7 heteroatoms. The van der Waals surface area contributed by atoms with Crippen molar-refractivity contribution in [3.8, 4) is 0 Å². The highest BCUT2D eigenvalue weighted by molar-refractivity contribution is 7.18. The summed E-state index contributed by atoms with van der Waals surface area (Å²) in [5.41, 5.74) is 4.12. The molecular formula is C24H24N4OS2. The second-order valence-corrected chi connectivity index (χ2v) is 9.98. The van der Waals surface area contributed by atoms with E-state index >= 15 is 0 Å². The van der Waals surface area contributed by atoms with Crippen LogP contribution < -0.4 is 5.32 Å². The van der Waals surface area contributed by atoms with Crippen molar-refractivity contribution in [2.24, 2.45) is 0 Å². The lowest BCUT2D eigenvalue weighted by Gasteiger charge is -2.21. The molecule has 1 fully saturated rings. The van der Waals surface area contributed by atoms with E-state index in [0.29, 0.717) is 12.5 Å². The van der Waals surface area contributed by atoms with Gasteiger partial charge in [0.25, 0.3) is 0 Å². The van der Waals surface area contributed by atoms with Gasteiger partial charge in [0.1, 0.15) is 10.0 Å². The predicted octanol–water partition coefficient (Wildman–Crippen LogP) is 5.58. The zero-order chi connectivity index (χ0) is 21.2. The summed E-state index contributed by atoms with van der Waals surface area (Å²) >= 11 is 3.36. The number of anilines is 1. The van der Waals surface area contributed by atoms with Crippen molar-refractivity contribution in [2.45, 2.75) is 38.8 Å². The smallest absolute Gasteiger partial charge is 0.231 e. The molecule has 0 bridgehead atoms. The summed E-state index contributed by atoms with van der Waals surface area (Å²) in [6.45, 7) is 3.89. The van der Waals surface area contributed by atoms with E-state index in [-0.39, 0.29) is 5.91 Å². The molecule has 0 radical (unpaired) electrons. The van der Waals surface area contributed by atoms with Gasteiger partial charge < -0.3 is 5.32 Å². The third-order valence-corrected chi connectivity index (χ3v) is 7.61. The van der Waals surface area contributed by atoms with Crippen LogP contribution >= 0.6 is 22.7 Å². The van der Waals surface area contributed by atoms with Gasteiger partial charge in [0.15, 0.2) is 0 Å². The monoisotopic (exact) mass is 448 g/mol. The summed E-state index contributed by atoms with van der Waals surface area (Å²) in [5.74, 6) is -0.0294. The first-order valence-corrected chi connectivity index (χ1v) is 12.2. The Labute approximate surface area is 189 Å². The summed E-state index contributed by atoms with van der Waals surface area (Å²) in [6, 6.07) is 16.5. The summed E-state index contributed by atoms with van der Waals surface area (Å²) in [7, 11) is 0. The van der Waals surface area contributed by atoms with Gasteiger partial charge in [0.05, 0.1) is 28.4 Å². The fraction of sp³-hybridized carbons (Fsp3) is 0.292. The molecule has 1 saturated heterocycles. The Kier molecular flexibility index (Phi) is 5.80. The molecule has 0 unspecified atom stereocenters. The number of fused-ring (bicyclic) bond motifs is 1. The third-order valence-electron chi connectivity index (χ3n) is 5.57. The first kappa shape index (κ1) is 20.3. The Balaban J connectivity index is 1.22. The van der Waals surface area contributed by atoms with Crippen LogP contribution in [0.4, 0.5) is 5.69 Å². The molecule has 3 heterocycles. The number of thiazole rings is 2. The van der Waals surface area contributed by atoms with Crippen LogP contribution in [0.15, 0.2) is 53.9 Å². The van der Waals surface area contributed by atoms with Crippen molar-refractivity contribution in [1.29, 1.82) is 0 Å². The molecule has 5 nitrogen and oxygen atoms in total. The maximum atomic E-state index is 12.4. The van der Waals surface area contributed by atoms with Gasteiger partial charge in [-0.2, -0.15) is 0 Å². The van der Waals surface area contributed by atoms with Gasteiger partial charge in [-0.15, -0.1) is 22.7 Å². The van der Waals surface area contributed by atoms with Crippen molar-refractivity contribution in [1.82, 2.24) is 14.9 Å². The molecule has 1 amide bonds. The standard InChI is InChI=1S/C24H24N4OS2/c1-16-8-10-17(11-9-16)25-22(29)13-23-26-18(15-30-23)14-28-12-4-6-20(28)24-27-19-5-2-3-7-21(19)31-24/h2-3,5,7-11,15,20H,4,6,12-14H2,1H3,(H,25,29)/t20-/m0/s1. The molecule has 5 rings (SSSR count). The molecule has 0 saturated carbocycles. The first-order valence-electron chi connectivity index (χ1n) is 10.5. The second kappa shape index (κ2) is 8.86. The minimum absolute atomic E-state index is 0.0294. The number of hydrogen-bond acceptors (Lipinski definition) is 6. The molecule has 4 aromatic rings. The minimum Gasteiger partial charge on any atom is -0.326 e. The van der Waals surface area contributed by atoms with E-state index in [0.717, 1.165) is 41.4 Å². The van der Waals surface area contributed by atoms with Gasteiger partial charge in [-0.3, -0.25) is 9.69 Å². The fourth-order valence-corrected chi connectivity index (χ4v) is 5.94. The van der Waals surface area contributed by atoms with Gasteiger partial charge in [-0.05, 0) is 50.6 Å². The van der Waals surface area contributed by atoms with E-state index in [4.69, 9.17) is 9.97 Å². The molecule has 1 aliphatic heterocycles. The van der Waals surface area contributed by atoms with E-state index in [1.165, 1.54) is 21.7 Å². The van der Waals surface area contributed by atoms with E-state index < -0.39 is 0 Å². The number of aryl methyl sites for hydroxylation is 1. The summed E-state index contributed by atoms with van der Waals surface area (Å²) in [4.78, 5) is 24.5. The molecule has 31 heavy (non-hydrogen) atoms. The lowest BCUT2D eigenvalue weighted by molar-refractivity contribution is -0.115. The number of likely N-dealkylation sites (tertiary alicyclic amines) is 1. The quantitative estimate of drug-likeness (QED) is 0.418. The molecule has 1 N–H and O–H groups in total. The van der Waals surface area contributed by atoms with Crippen LogP contribution in [0.25, 0.3) is 10.2 Å². The van der Waals surface area contributed by atoms with Gasteiger partial charge >= 0.3 is 0 Å². The molecule has 1 aliphatic rings.